The predicted octanol–water partition coefficient (Wildman–Crippen LogP) is 4.67. The Labute approximate surface area is 124 Å². The van der Waals surface area contributed by atoms with Gasteiger partial charge in [-0.15, -0.1) is 0 Å². The zero-order valence-electron chi connectivity index (χ0n) is 12.6. The van der Waals surface area contributed by atoms with Crippen molar-refractivity contribution in [3.63, 3.8) is 0 Å². The lowest BCUT2D eigenvalue weighted by Crippen LogP contribution is -2.01. The largest absolute Gasteiger partial charge is 0.491 e. The summed E-state index contributed by atoms with van der Waals surface area (Å²) < 4.78 is 18.9. The minimum Gasteiger partial charge on any atom is -0.491 e. The average molecular weight is 288 g/mol. The fourth-order valence-corrected chi connectivity index (χ4v) is 2.05. The van der Waals surface area contributed by atoms with E-state index in [0.29, 0.717) is 23.9 Å². The Morgan fingerprint density at radius 2 is 1.86 bits per heavy atom. The number of nitrogen functional groups attached to an aromatic ring is 1. The maximum atomic E-state index is 13.7. The average Bonchev–Trinajstić information content (AvgIpc) is 2.45. The summed E-state index contributed by atoms with van der Waals surface area (Å²) >= 11 is 0. The van der Waals surface area contributed by atoms with Crippen LogP contribution >= 0.6 is 0 Å². The maximum absolute atomic E-state index is 13.7. The van der Waals surface area contributed by atoms with Gasteiger partial charge in [-0.3, -0.25) is 0 Å². The Bertz CT molecular complexity index is 609. The smallest absolute Gasteiger partial charge is 0.167 e. The first-order valence-corrected chi connectivity index (χ1v) is 7.10. The van der Waals surface area contributed by atoms with Crippen LogP contribution in [0.2, 0.25) is 0 Å². The second kappa shape index (κ2) is 6.48. The standard InChI is InChI=1S/C17H21FN2O/c1-4-21-17-10-16(15(19)9-14(17)18)20-13-7-5-12(6-8-13)11(2)3/h5-11,20H,4,19H2,1-3H3. The molecular formula is C17H21FN2O. The van der Waals surface area contributed by atoms with Crippen LogP contribution in [-0.4, -0.2) is 6.61 Å². The number of rotatable bonds is 5. The first-order valence-electron chi connectivity index (χ1n) is 7.10. The highest BCUT2D eigenvalue weighted by Gasteiger charge is 2.09. The molecule has 0 aromatic heterocycles. The number of benzene rings is 2. The molecule has 0 saturated carbocycles. The Kier molecular flexibility index (Phi) is 4.68. The minimum absolute atomic E-state index is 0.202. The van der Waals surface area contributed by atoms with E-state index in [1.54, 1.807) is 6.07 Å². The van der Waals surface area contributed by atoms with Crippen LogP contribution in [0.4, 0.5) is 21.5 Å². The summed E-state index contributed by atoms with van der Waals surface area (Å²) in [7, 11) is 0. The van der Waals surface area contributed by atoms with Crippen LogP contribution in [0.25, 0.3) is 0 Å². The number of nitrogens with two attached hydrogens (primary N) is 1. The lowest BCUT2D eigenvalue weighted by atomic mass is 10.0. The fourth-order valence-electron chi connectivity index (χ4n) is 2.05. The SMILES string of the molecule is CCOc1cc(Nc2ccc(C(C)C)cc2)c(N)cc1F. The number of nitrogens with one attached hydrogen (secondary N) is 1. The van der Waals surface area contributed by atoms with Gasteiger partial charge in [0.05, 0.1) is 18.0 Å². The van der Waals surface area contributed by atoms with E-state index < -0.39 is 5.82 Å². The van der Waals surface area contributed by atoms with E-state index in [9.17, 15) is 4.39 Å². The molecule has 2 rings (SSSR count). The normalized spacial score (nSPS) is 10.7. The van der Waals surface area contributed by atoms with Crippen molar-refractivity contribution in [3.8, 4) is 5.75 Å². The van der Waals surface area contributed by atoms with Gasteiger partial charge >= 0.3 is 0 Å². The molecule has 112 valence electrons. The molecule has 0 atom stereocenters. The molecule has 0 fully saturated rings. The van der Waals surface area contributed by atoms with E-state index in [2.05, 4.69) is 31.3 Å². The fraction of sp³-hybridized carbons (Fsp3) is 0.294. The van der Waals surface area contributed by atoms with Crippen LogP contribution in [0.3, 0.4) is 0 Å². The number of anilines is 3. The van der Waals surface area contributed by atoms with Gasteiger partial charge in [0, 0.05) is 17.8 Å². The second-order valence-corrected chi connectivity index (χ2v) is 5.20. The molecule has 0 bridgehead atoms. The minimum atomic E-state index is -0.449. The Morgan fingerprint density at radius 1 is 1.19 bits per heavy atom. The van der Waals surface area contributed by atoms with Gasteiger partial charge in [-0.05, 0) is 30.5 Å². The van der Waals surface area contributed by atoms with E-state index in [-0.39, 0.29) is 5.75 Å². The summed E-state index contributed by atoms with van der Waals surface area (Å²) in [5.74, 6) is 0.238. The van der Waals surface area contributed by atoms with Gasteiger partial charge in [0.15, 0.2) is 11.6 Å². The van der Waals surface area contributed by atoms with Crippen molar-refractivity contribution in [2.24, 2.45) is 0 Å². The van der Waals surface area contributed by atoms with Gasteiger partial charge < -0.3 is 15.8 Å². The van der Waals surface area contributed by atoms with E-state index in [1.807, 2.05) is 19.1 Å². The van der Waals surface area contributed by atoms with E-state index in [0.717, 1.165) is 5.69 Å². The third-order valence-corrected chi connectivity index (χ3v) is 3.26. The molecule has 2 aromatic rings. The molecule has 0 radical (unpaired) electrons. The number of ether oxygens (including phenoxy) is 1. The van der Waals surface area contributed by atoms with Crippen LogP contribution in [0.5, 0.6) is 5.75 Å². The summed E-state index contributed by atoms with van der Waals surface area (Å²) in [6, 6.07) is 11.0. The summed E-state index contributed by atoms with van der Waals surface area (Å²) in [4.78, 5) is 0. The highest BCUT2D eigenvalue weighted by Crippen LogP contribution is 2.31. The second-order valence-electron chi connectivity index (χ2n) is 5.20. The van der Waals surface area contributed by atoms with Crippen LogP contribution < -0.4 is 15.8 Å². The van der Waals surface area contributed by atoms with Crippen molar-refractivity contribution in [3.05, 3.63) is 47.8 Å². The zero-order valence-corrected chi connectivity index (χ0v) is 12.6. The van der Waals surface area contributed by atoms with Crippen molar-refractivity contribution in [1.29, 1.82) is 0 Å². The maximum Gasteiger partial charge on any atom is 0.167 e. The van der Waals surface area contributed by atoms with Gasteiger partial charge in [0.2, 0.25) is 0 Å². The van der Waals surface area contributed by atoms with Gasteiger partial charge in [-0.1, -0.05) is 26.0 Å². The molecular weight excluding hydrogens is 267 g/mol. The quantitative estimate of drug-likeness (QED) is 0.786. The van der Waals surface area contributed by atoms with Crippen molar-refractivity contribution < 1.29 is 9.13 Å². The lowest BCUT2D eigenvalue weighted by Gasteiger charge is -2.13. The van der Waals surface area contributed by atoms with Crippen LogP contribution in [0.1, 0.15) is 32.3 Å². The zero-order chi connectivity index (χ0) is 15.4. The molecule has 3 nitrogen and oxygen atoms in total. The van der Waals surface area contributed by atoms with Crippen LogP contribution in [0.15, 0.2) is 36.4 Å². The van der Waals surface area contributed by atoms with Crippen molar-refractivity contribution in [2.45, 2.75) is 26.7 Å². The molecule has 0 heterocycles. The Morgan fingerprint density at radius 3 is 2.43 bits per heavy atom. The van der Waals surface area contributed by atoms with Gasteiger partial charge in [0.25, 0.3) is 0 Å². The molecule has 0 unspecified atom stereocenters. The number of hydrogen-bond donors (Lipinski definition) is 2. The third-order valence-electron chi connectivity index (χ3n) is 3.26. The van der Waals surface area contributed by atoms with Crippen LogP contribution in [-0.2, 0) is 0 Å². The number of hydrogen-bond acceptors (Lipinski definition) is 3. The molecule has 0 amide bonds. The molecule has 4 heteroatoms. The third kappa shape index (κ3) is 3.66. The number of halogens is 1. The molecule has 0 spiro atoms. The predicted molar refractivity (Wildman–Crippen MR) is 85.8 cm³/mol. The van der Waals surface area contributed by atoms with Crippen molar-refractivity contribution in [1.82, 2.24) is 0 Å². The highest BCUT2D eigenvalue weighted by atomic mass is 19.1. The molecule has 3 N–H and O–H groups in total. The molecule has 2 aromatic carbocycles. The van der Waals surface area contributed by atoms with Crippen LogP contribution in [0, 0.1) is 5.82 Å². The highest BCUT2D eigenvalue weighted by molar-refractivity contribution is 5.74. The van der Waals surface area contributed by atoms with Gasteiger partial charge in [0.1, 0.15) is 0 Å². The van der Waals surface area contributed by atoms with Crippen molar-refractivity contribution in [2.75, 3.05) is 17.7 Å². The monoisotopic (exact) mass is 288 g/mol. The molecule has 0 aliphatic carbocycles. The summed E-state index contributed by atoms with van der Waals surface area (Å²) in [6.45, 7) is 6.51. The molecule has 0 aliphatic heterocycles. The van der Waals surface area contributed by atoms with E-state index >= 15 is 0 Å². The van der Waals surface area contributed by atoms with E-state index in [1.165, 1.54) is 11.6 Å². The molecule has 0 aliphatic rings. The Hall–Kier alpha value is -2.23. The first-order chi connectivity index (χ1) is 10.0. The lowest BCUT2D eigenvalue weighted by molar-refractivity contribution is 0.322. The topological polar surface area (TPSA) is 47.3 Å². The van der Waals surface area contributed by atoms with E-state index in [4.69, 9.17) is 10.5 Å². The summed E-state index contributed by atoms with van der Waals surface area (Å²) in [6.07, 6.45) is 0. The molecule has 0 saturated heterocycles. The van der Waals surface area contributed by atoms with Crippen molar-refractivity contribution >= 4 is 17.1 Å². The summed E-state index contributed by atoms with van der Waals surface area (Å²) in [5, 5.41) is 3.19. The van der Waals surface area contributed by atoms with Gasteiger partial charge in [-0.2, -0.15) is 0 Å². The Balaban J connectivity index is 2.24. The first kappa shape index (κ1) is 15.2. The van der Waals surface area contributed by atoms with Gasteiger partial charge in [-0.25, -0.2) is 4.39 Å². The summed E-state index contributed by atoms with van der Waals surface area (Å²) in [5.41, 5.74) is 9.01. The molecule has 21 heavy (non-hydrogen) atoms.